The van der Waals surface area contributed by atoms with E-state index >= 15 is 0 Å². The number of carbonyl (C=O) groups excluding carboxylic acids is 1. The molecule has 2 saturated heterocycles. The maximum absolute atomic E-state index is 12.4. The van der Waals surface area contributed by atoms with Gasteiger partial charge in [-0.3, -0.25) is 0 Å². The molecule has 29 heavy (non-hydrogen) atoms. The molecule has 2 aliphatic rings. The Morgan fingerprint density at radius 2 is 2.00 bits per heavy atom. The van der Waals surface area contributed by atoms with E-state index in [9.17, 15) is 4.79 Å². The lowest BCUT2D eigenvalue weighted by Crippen LogP contribution is -2.40. The summed E-state index contributed by atoms with van der Waals surface area (Å²) in [5.74, 6) is 1.65. The summed E-state index contributed by atoms with van der Waals surface area (Å²) in [7, 11) is 1.63. The molecule has 1 unspecified atom stereocenters. The molecule has 8 nitrogen and oxygen atoms in total. The number of rotatable bonds is 5. The van der Waals surface area contributed by atoms with Gasteiger partial charge < -0.3 is 25.2 Å². The first kappa shape index (κ1) is 19.3. The van der Waals surface area contributed by atoms with Gasteiger partial charge in [-0.1, -0.05) is 0 Å². The first-order valence-electron chi connectivity index (χ1n) is 10.2. The largest absolute Gasteiger partial charge is 0.497 e. The van der Waals surface area contributed by atoms with Crippen molar-refractivity contribution in [1.82, 2.24) is 15.5 Å². The predicted octanol–water partition coefficient (Wildman–Crippen LogP) is 2.79. The summed E-state index contributed by atoms with van der Waals surface area (Å²) in [4.78, 5) is 17.0. The van der Waals surface area contributed by atoms with E-state index in [0.29, 0.717) is 0 Å². The fraction of sp³-hybridized carbons (Fsp3) is 0.476. The lowest BCUT2D eigenvalue weighted by atomic mass is 10.2. The minimum absolute atomic E-state index is 0.0748. The molecule has 3 heterocycles. The number of urea groups is 1. The van der Waals surface area contributed by atoms with Crippen molar-refractivity contribution in [2.45, 2.75) is 32.2 Å². The molecule has 0 saturated carbocycles. The highest BCUT2D eigenvalue weighted by atomic mass is 16.5. The lowest BCUT2D eigenvalue weighted by Gasteiger charge is -2.21. The zero-order valence-corrected chi connectivity index (χ0v) is 17.0. The SMILES string of the molecule is COc1ccc(NC(=O)NC2CCN(c3cc(N4CCCC4)cnn3)C2)c(C)c1. The maximum Gasteiger partial charge on any atom is 0.319 e. The predicted molar refractivity (Wildman–Crippen MR) is 114 cm³/mol. The van der Waals surface area contributed by atoms with Crippen molar-refractivity contribution in [2.24, 2.45) is 0 Å². The molecule has 0 aliphatic carbocycles. The van der Waals surface area contributed by atoms with Gasteiger partial charge in [0.2, 0.25) is 0 Å². The molecule has 4 rings (SSSR count). The van der Waals surface area contributed by atoms with Gasteiger partial charge in [0.1, 0.15) is 5.75 Å². The highest BCUT2D eigenvalue weighted by Crippen LogP contribution is 2.25. The van der Waals surface area contributed by atoms with E-state index in [1.807, 2.05) is 31.3 Å². The molecular formula is C21H28N6O2. The highest BCUT2D eigenvalue weighted by Gasteiger charge is 2.26. The van der Waals surface area contributed by atoms with Crippen LogP contribution in [-0.4, -0.2) is 55.6 Å². The van der Waals surface area contributed by atoms with Crippen LogP contribution in [0.4, 0.5) is 22.0 Å². The average molecular weight is 396 g/mol. The Morgan fingerprint density at radius 1 is 1.17 bits per heavy atom. The van der Waals surface area contributed by atoms with Crippen LogP contribution in [0.3, 0.4) is 0 Å². The average Bonchev–Trinajstić information content (AvgIpc) is 3.42. The van der Waals surface area contributed by atoms with Crippen LogP contribution in [0.15, 0.2) is 30.5 Å². The van der Waals surface area contributed by atoms with Crippen LogP contribution in [0.25, 0.3) is 0 Å². The lowest BCUT2D eigenvalue weighted by molar-refractivity contribution is 0.249. The summed E-state index contributed by atoms with van der Waals surface area (Å²) in [6.07, 6.45) is 5.18. The molecule has 154 valence electrons. The molecule has 0 spiro atoms. The number of hydrogen-bond donors (Lipinski definition) is 2. The molecule has 0 radical (unpaired) electrons. The van der Waals surface area contributed by atoms with E-state index < -0.39 is 0 Å². The summed E-state index contributed by atoms with van der Waals surface area (Å²) in [5, 5.41) is 14.5. The first-order chi connectivity index (χ1) is 14.1. The third-order valence-corrected chi connectivity index (χ3v) is 5.63. The van der Waals surface area contributed by atoms with Crippen LogP contribution < -0.4 is 25.2 Å². The second-order valence-corrected chi connectivity index (χ2v) is 7.68. The number of aromatic nitrogens is 2. The third-order valence-electron chi connectivity index (χ3n) is 5.63. The van der Waals surface area contributed by atoms with Crippen molar-refractivity contribution in [3.05, 3.63) is 36.0 Å². The molecular weight excluding hydrogens is 368 g/mol. The van der Waals surface area contributed by atoms with Gasteiger partial charge in [-0.2, -0.15) is 5.10 Å². The van der Waals surface area contributed by atoms with Crippen molar-refractivity contribution in [3.8, 4) is 5.75 Å². The molecule has 2 aliphatic heterocycles. The molecule has 1 aromatic heterocycles. The normalized spacial score (nSPS) is 18.8. The number of methoxy groups -OCH3 is 1. The second kappa shape index (κ2) is 8.55. The Balaban J connectivity index is 1.33. The molecule has 2 amide bonds. The zero-order chi connectivity index (χ0) is 20.2. The van der Waals surface area contributed by atoms with E-state index in [-0.39, 0.29) is 12.1 Å². The topological polar surface area (TPSA) is 82.6 Å². The molecule has 2 aromatic rings. The van der Waals surface area contributed by atoms with Gasteiger partial charge in [-0.25, -0.2) is 4.79 Å². The second-order valence-electron chi connectivity index (χ2n) is 7.68. The van der Waals surface area contributed by atoms with E-state index in [1.54, 1.807) is 7.11 Å². The summed E-state index contributed by atoms with van der Waals surface area (Å²) in [5.41, 5.74) is 2.88. The number of anilines is 3. The van der Waals surface area contributed by atoms with Crippen LogP contribution in [0.1, 0.15) is 24.8 Å². The monoisotopic (exact) mass is 396 g/mol. The van der Waals surface area contributed by atoms with Gasteiger partial charge in [0, 0.05) is 44.0 Å². The number of nitrogens with one attached hydrogen (secondary N) is 2. The van der Waals surface area contributed by atoms with E-state index in [4.69, 9.17) is 4.74 Å². The third kappa shape index (κ3) is 4.52. The Bertz CT molecular complexity index is 868. The van der Waals surface area contributed by atoms with Gasteiger partial charge in [0.25, 0.3) is 0 Å². The summed E-state index contributed by atoms with van der Waals surface area (Å²) >= 11 is 0. The van der Waals surface area contributed by atoms with Crippen LogP contribution in [0, 0.1) is 6.92 Å². The summed E-state index contributed by atoms with van der Waals surface area (Å²) in [6, 6.07) is 7.59. The number of ether oxygens (including phenoxy) is 1. The minimum Gasteiger partial charge on any atom is -0.497 e. The van der Waals surface area contributed by atoms with Gasteiger partial charge in [0.05, 0.1) is 19.0 Å². The maximum atomic E-state index is 12.4. The smallest absolute Gasteiger partial charge is 0.319 e. The Kier molecular flexibility index (Phi) is 5.69. The molecule has 2 fully saturated rings. The van der Waals surface area contributed by atoms with E-state index in [1.165, 1.54) is 12.8 Å². The van der Waals surface area contributed by atoms with Crippen molar-refractivity contribution in [3.63, 3.8) is 0 Å². The molecule has 8 heteroatoms. The van der Waals surface area contributed by atoms with Gasteiger partial charge in [-0.15, -0.1) is 5.10 Å². The van der Waals surface area contributed by atoms with Crippen molar-refractivity contribution < 1.29 is 9.53 Å². The number of nitrogens with zero attached hydrogens (tertiary/aromatic N) is 4. The number of benzene rings is 1. The van der Waals surface area contributed by atoms with Gasteiger partial charge in [-0.05, 0) is 49.9 Å². The van der Waals surface area contributed by atoms with Crippen molar-refractivity contribution in [2.75, 3.05) is 48.4 Å². The number of hydrogen-bond acceptors (Lipinski definition) is 6. The standard InChI is InChI=1S/C21H28N6O2/c1-15-11-18(29-2)5-6-19(15)24-21(28)23-16-7-10-27(14-16)20-12-17(13-22-25-20)26-8-3-4-9-26/h5-6,11-13,16H,3-4,7-10,14H2,1-2H3,(H2,23,24,28). The van der Waals surface area contributed by atoms with Crippen LogP contribution >= 0.6 is 0 Å². The quantitative estimate of drug-likeness (QED) is 0.809. The highest BCUT2D eigenvalue weighted by molar-refractivity contribution is 5.90. The first-order valence-corrected chi connectivity index (χ1v) is 10.2. The Labute approximate surface area is 171 Å². The van der Waals surface area contributed by atoms with Crippen LogP contribution in [-0.2, 0) is 0 Å². The van der Waals surface area contributed by atoms with Gasteiger partial charge >= 0.3 is 6.03 Å². The molecule has 1 atom stereocenters. The van der Waals surface area contributed by atoms with E-state index in [0.717, 1.165) is 61.1 Å². The summed E-state index contributed by atoms with van der Waals surface area (Å²) in [6.45, 7) is 5.69. The number of carbonyl (C=O) groups is 1. The number of aryl methyl sites for hydroxylation is 1. The minimum atomic E-state index is -0.193. The fourth-order valence-corrected chi connectivity index (χ4v) is 3.98. The number of amides is 2. The van der Waals surface area contributed by atoms with E-state index in [2.05, 4.69) is 36.7 Å². The van der Waals surface area contributed by atoms with Crippen LogP contribution in [0.2, 0.25) is 0 Å². The van der Waals surface area contributed by atoms with Crippen molar-refractivity contribution >= 4 is 23.2 Å². The van der Waals surface area contributed by atoms with Crippen LogP contribution in [0.5, 0.6) is 5.75 Å². The molecule has 0 bridgehead atoms. The van der Waals surface area contributed by atoms with Crippen molar-refractivity contribution in [1.29, 1.82) is 0 Å². The molecule has 2 N–H and O–H groups in total. The van der Waals surface area contributed by atoms with Gasteiger partial charge in [0.15, 0.2) is 5.82 Å². The molecule has 1 aromatic carbocycles. The fourth-order valence-electron chi connectivity index (χ4n) is 3.98. The summed E-state index contributed by atoms with van der Waals surface area (Å²) < 4.78 is 5.21. The Hall–Kier alpha value is -3.03. The Morgan fingerprint density at radius 3 is 2.76 bits per heavy atom. The zero-order valence-electron chi connectivity index (χ0n) is 17.0.